The Morgan fingerprint density at radius 1 is 1.04 bits per heavy atom. The summed E-state index contributed by atoms with van der Waals surface area (Å²) < 4.78 is 5.73. The first kappa shape index (κ1) is 21.5. The van der Waals surface area contributed by atoms with E-state index in [4.69, 9.17) is 4.74 Å². The van der Waals surface area contributed by atoms with Gasteiger partial charge in [0, 0.05) is 12.1 Å². The molecule has 0 radical (unpaired) electrons. The molecule has 2 aromatic rings. The van der Waals surface area contributed by atoms with Crippen LogP contribution in [0.1, 0.15) is 38.8 Å². The molecule has 0 aliphatic carbocycles. The van der Waals surface area contributed by atoms with E-state index < -0.39 is 6.04 Å². The Morgan fingerprint density at radius 2 is 1.64 bits per heavy atom. The van der Waals surface area contributed by atoms with Crippen LogP contribution in [0.4, 0.5) is 0 Å². The maximum atomic E-state index is 13.0. The van der Waals surface area contributed by atoms with Gasteiger partial charge in [0.05, 0.1) is 0 Å². The zero-order chi connectivity index (χ0) is 20.7. The van der Waals surface area contributed by atoms with Crippen molar-refractivity contribution in [1.82, 2.24) is 10.2 Å². The molecule has 2 rings (SSSR count). The number of para-hydroxylation sites is 1. The summed E-state index contributed by atoms with van der Waals surface area (Å²) in [6.07, 6.45) is 0. The zero-order valence-corrected chi connectivity index (χ0v) is 17.4. The summed E-state index contributed by atoms with van der Waals surface area (Å²) in [4.78, 5) is 27.2. The number of hydrogen-bond donors (Lipinski definition) is 1. The Kier molecular flexibility index (Phi) is 7.21. The summed E-state index contributed by atoms with van der Waals surface area (Å²) in [6.45, 7) is 9.66. The summed E-state index contributed by atoms with van der Waals surface area (Å²) in [7, 11) is 0. The van der Waals surface area contributed by atoms with Crippen molar-refractivity contribution in [3.8, 4) is 5.75 Å². The molecule has 5 nitrogen and oxygen atoms in total. The van der Waals surface area contributed by atoms with Gasteiger partial charge in [0.25, 0.3) is 5.91 Å². The fourth-order valence-electron chi connectivity index (χ4n) is 2.78. The molecule has 2 amide bonds. The molecule has 2 aromatic carbocycles. The van der Waals surface area contributed by atoms with E-state index in [1.165, 1.54) is 0 Å². The van der Waals surface area contributed by atoms with Gasteiger partial charge in [-0.25, -0.2) is 0 Å². The molecule has 1 N–H and O–H groups in total. The lowest BCUT2D eigenvalue weighted by Gasteiger charge is -2.31. The molecule has 0 spiro atoms. The van der Waals surface area contributed by atoms with Gasteiger partial charge in [0.1, 0.15) is 11.8 Å². The van der Waals surface area contributed by atoms with Crippen molar-refractivity contribution in [1.29, 1.82) is 0 Å². The molecule has 0 unspecified atom stereocenters. The highest BCUT2D eigenvalue weighted by atomic mass is 16.5. The van der Waals surface area contributed by atoms with Crippen LogP contribution in [0.2, 0.25) is 0 Å². The number of hydrogen-bond acceptors (Lipinski definition) is 3. The first-order valence-corrected chi connectivity index (χ1v) is 9.51. The Labute approximate surface area is 167 Å². The average molecular weight is 383 g/mol. The maximum absolute atomic E-state index is 13.0. The normalized spacial score (nSPS) is 12.2. The Bertz CT molecular complexity index is 797. The van der Waals surface area contributed by atoms with Crippen LogP contribution in [0.25, 0.3) is 0 Å². The monoisotopic (exact) mass is 382 g/mol. The highest BCUT2D eigenvalue weighted by Crippen LogP contribution is 2.17. The van der Waals surface area contributed by atoms with E-state index in [0.29, 0.717) is 12.3 Å². The Balaban J connectivity index is 2.15. The summed E-state index contributed by atoms with van der Waals surface area (Å²) in [5.41, 5.74) is 1.55. The van der Waals surface area contributed by atoms with Crippen LogP contribution < -0.4 is 10.1 Å². The average Bonchev–Trinajstić information content (AvgIpc) is 2.64. The number of rotatable bonds is 7. The van der Waals surface area contributed by atoms with Gasteiger partial charge in [-0.3, -0.25) is 9.59 Å². The Hall–Kier alpha value is -2.82. The van der Waals surface area contributed by atoms with Gasteiger partial charge < -0.3 is 15.0 Å². The molecule has 0 bridgehead atoms. The van der Waals surface area contributed by atoms with Crippen LogP contribution in [0.5, 0.6) is 5.75 Å². The van der Waals surface area contributed by atoms with Gasteiger partial charge in [0.2, 0.25) is 5.91 Å². The second-order valence-electron chi connectivity index (χ2n) is 7.98. The molecule has 0 saturated heterocycles. The number of aryl methyl sites for hydroxylation is 1. The van der Waals surface area contributed by atoms with Crippen LogP contribution in [0.3, 0.4) is 0 Å². The van der Waals surface area contributed by atoms with Crippen LogP contribution >= 0.6 is 0 Å². The summed E-state index contributed by atoms with van der Waals surface area (Å²) in [5.74, 6) is 0.249. The van der Waals surface area contributed by atoms with Crippen molar-refractivity contribution < 1.29 is 14.3 Å². The predicted octanol–water partition coefficient (Wildman–Crippen LogP) is 3.71. The second kappa shape index (κ2) is 9.40. The molecule has 5 heteroatoms. The highest BCUT2D eigenvalue weighted by Gasteiger charge is 2.28. The molecular formula is C23H30N2O3. The molecular weight excluding hydrogens is 352 g/mol. The third-order valence-electron chi connectivity index (χ3n) is 4.31. The van der Waals surface area contributed by atoms with Crippen molar-refractivity contribution in [2.45, 2.75) is 52.7 Å². The van der Waals surface area contributed by atoms with E-state index in [-0.39, 0.29) is 24.0 Å². The number of amides is 2. The lowest BCUT2D eigenvalue weighted by molar-refractivity contribution is -0.142. The molecule has 1 atom stereocenters. The van der Waals surface area contributed by atoms with Crippen molar-refractivity contribution in [3.05, 3.63) is 65.7 Å². The molecule has 0 aromatic heterocycles. The van der Waals surface area contributed by atoms with Crippen LogP contribution in [0.15, 0.2) is 54.6 Å². The van der Waals surface area contributed by atoms with Crippen LogP contribution in [-0.4, -0.2) is 34.9 Å². The van der Waals surface area contributed by atoms with Gasteiger partial charge in [-0.05, 0) is 51.8 Å². The number of benzene rings is 2. The van der Waals surface area contributed by atoms with E-state index in [9.17, 15) is 9.59 Å². The van der Waals surface area contributed by atoms with Crippen molar-refractivity contribution in [2.24, 2.45) is 0 Å². The number of carbonyl (C=O) groups is 2. The number of carbonyl (C=O) groups excluding carboxylic acids is 2. The van der Waals surface area contributed by atoms with Crippen molar-refractivity contribution in [3.63, 3.8) is 0 Å². The number of nitrogens with one attached hydrogen (secondary N) is 1. The molecule has 0 aliphatic heterocycles. The minimum atomic E-state index is -0.618. The van der Waals surface area contributed by atoms with E-state index in [0.717, 1.165) is 11.1 Å². The first-order valence-electron chi connectivity index (χ1n) is 9.51. The van der Waals surface area contributed by atoms with Gasteiger partial charge in [-0.15, -0.1) is 0 Å². The van der Waals surface area contributed by atoms with Gasteiger partial charge in [0.15, 0.2) is 6.61 Å². The Morgan fingerprint density at radius 3 is 2.25 bits per heavy atom. The van der Waals surface area contributed by atoms with E-state index in [2.05, 4.69) is 5.32 Å². The second-order valence-corrected chi connectivity index (χ2v) is 7.98. The van der Waals surface area contributed by atoms with Crippen LogP contribution in [-0.2, 0) is 16.1 Å². The summed E-state index contributed by atoms with van der Waals surface area (Å²) >= 11 is 0. The molecule has 28 heavy (non-hydrogen) atoms. The highest BCUT2D eigenvalue weighted by molar-refractivity contribution is 5.88. The topological polar surface area (TPSA) is 58.6 Å². The number of nitrogens with zero attached hydrogens (tertiary/aromatic N) is 1. The van der Waals surface area contributed by atoms with Gasteiger partial charge >= 0.3 is 0 Å². The SMILES string of the molecule is Cc1ccccc1OCC(=O)N(Cc1ccccc1)[C@H](C)C(=O)NC(C)(C)C. The molecule has 0 saturated carbocycles. The van der Waals surface area contributed by atoms with Gasteiger partial charge in [-0.2, -0.15) is 0 Å². The van der Waals surface area contributed by atoms with E-state index >= 15 is 0 Å². The number of ether oxygens (including phenoxy) is 1. The third kappa shape index (κ3) is 6.41. The van der Waals surface area contributed by atoms with Crippen LogP contribution in [0, 0.1) is 6.92 Å². The smallest absolute Gasteiger partial charge is 0.261 e. The standard InChI is InChI=1S/C23H30N2O3/c1-17-11-9-10-14-20(17)28-16-21(26)25(15-19-12-7-6-8-13-19)18(2)22(27)24-23(3,4)5/h6-14,18H,15-16H2,1-5H3,(H,24,27)/t18-/m1/s1. The lowest BCUT2D eigenvalue weighted by Crippen LogP contribution is -2.53. The predicted molar refractivity (Wildman–Crippen MR) is 111 cm³/mol. The summed E-state index contributed by atoms with van der Waals surface area (Å²) in [6, 6.07) is 16.6. The minimum absolute atomic E-state index is 0.120. The quantitative estimate of drug-likeness (QED) is 0.794. The summed E-state index contributed by atoms with van der Waals surface area (Å²) in [5, 5.41) is 2.95. The largest absolute Gasteiger partial charge is 0.484 e. The van der Waals surface area contributed by atoms with E-state index in [1.54, 1.807) is 11.8 Å². The van der Waals surface area contributed by atoms with E-state index in [1.807, 2.05) is 82.3 Å². The van der Waals surface area contributed by atoms with Crippen molar-refractivity contribution >= 4 is 11.8 Å². The molecule has 0 fully saturated rings. The minimum Gasteiger partial charge on any atom is -0.484 e. The third-order valence-corrected chi connectivity index (χ3v) is 4.31. The van der Waals surface area contributed by atoms with Gasteiger partial charge in [-0.1, -0.05) is 48.5 Å². The molecule has 0 aliphatic rings. The molecule has 0 heterocycles. The first-order chi connectivity index (χ1) is 13.2. The lowest BCUT2D eigenvalue weighted by atomic mass is 10.1. The molecule has 150 valence electrons. The fourth-order valence-corrected chi connectivity index (χ4v) is 2.78. The zero-order valence-electron chi connectivity index (χ0n) is 17.4. The fraction of sp³-hybridized carbons (Fsp3) is 0.391. The van der Waals surface area contributed by atoms with Crippen molar-refractivity contribution in [2.75, 3.05) is 6.61 Å². The maximum Gasteiger partial charge on any atom is 0.261 e.